The largest absolute Gasteiger partial charge is 0.493 e. The van der Waals surface area contributed by atoms with Crippen molar-refractivity contribution in [3.05, 3.63) is 65.1 Å². The van der Waals surface area contributed by atoms with E-state index in [1.165, 1.54) is 0 Å². The number of hydrogen-bond acceptors (Lipinski definition) is 8. The van der Waals surface area contributed by atoms with E-state index in [0.29, 0.717) is 67.9 Å². The van der Waals surface area contributed by atoms with Gasteiger partial charge in [0.25, 0.3) is 0 Å². The highest BCUT2D eigenvalue weighted by atomic mass is 16.5. The maximum absolute atomic E-state index is 12.6. The van der Waals surface area contributed by atoms with Gasteiger partial charge < -0.3 is 24.2 Å². The highest BCUT2D eigenvalue weighted by molar-refractivity contribution is 5.78. The Balaban J connectivity index is 1.45. The Labute approximate surface area is 257 Å². The number of aryl methyl sites for hydroxylation is 1. The van der Waals surface area contributed by atoms with Crippen LogP contribution >= 0.6 is 0 Å². The number of anilines is 1. The van der Waals surface area contributed by atoms with Crippen LogP contribution in [0.25, 0.3) is 11.5 Å². The van der Waals surface area contributed by atoms with Crippen LogP contribution in [0.5, 0.6) is 5.75 Å². The predicted molar refractivity (Wildman–Crippen MR) is 166 cm³/mol. The first-order chi connectivity index (χ1) is 21.2. The normalized spacial score (nSPS) is 17.9. The molecule has 0 spiro atoms. The molecule has 6 bridgehead atoms. The van der Waals surface area contributed by atoms with Crippen LogP contribution in [0.15, 0.2) is 42.7 Å². The molecule has 11 nitrogen and oxygen atoms in total. The molecule has 11 heteroatoms. The number of aromatic nitrogens is 5. The maximum Gasteiger partial charge on any atom is 0.337 e. The van der Waals surface area contributed by atoms with Crippen molar-refractivity contribution < 1.29 is 24.1 Å². The van der Waals surface area contributed by atoms with Crippen molar-refractivity contribution in [3.63, 3.8) is 0 Å². The fourth-order valence-electron chi connectivity index (χ4n) is 6.02. The van der Waals surface area contributed by atoms with Crippen molar-refractivity contribution >= 4 is 17.4 Å². The Morgan fingerprint density at radius 2 is 1.93 bits per heavy atom. The SMILES string of the molecule is Cc1nc2cc3nn2c(c1C(OCC(C)C)C(=O)O)N1CCC(C)(CC1)OCCCCOc1ccccc1Cc1cnn-3c1. The number of rotatable bonds is 5. The summed E-state index contributed by atoms with van der Waals surface area (Å²) < 4.78 is 22.2. The smallest absolute Gasteiger partial charge is 0.337 e. The second kappa shape index (κ2) is 12.6. The average molecular weight is 603 g/mol. The molecule has 0 aliphatic carbocycles. The van der Waals surface area contributed by atoms with E-state index in [4.69, 9.17) is 24.3 Å². The number of carboxylic acid groups (broad SMARTS) is 1. The van der Waals surface area contributed by atoms with Crippen molar-refractivity contribution in [2.45, 2.75) is 71.5 Å². The Morgan fingerprint density at radius 1 is 1.16 bits per heavy atom. The highest BCUT2D eigenvalue weighted by Crippen LogP contribution is 2.37. The number of para-hydroxylation sites is 1. The van der Waals surface area contributed by atoms with Crippen LogP contribution in [0.3, 0.4) is 0 Å². The van der Waals surface area contributed by atoms with Crippen LogP contribution in [0, 0.1) is 12.8 Å². The van der Waals surface area contributed by atoms with Gasteiger partial charge in [-0.2, -0.15) is 9.61 Å². The van der Waals surface area contributed by atoms with Gasteiger partial charge >= 0.3 is 5.97 Å². The van der Waals surface area contributed by atoms with Gasteiger partial charge in [0.05, 0.1) is 30.6 Å². The first-order valence-corrected chi connectivity index (χ1v) is 15.6. The highest BCUT2D eigenvalue weighted by Gasteiger charge is 2.36. The Bertz CT molecular complexity index is 1620. The molecule has 234 valence electrons. The molecule has 3 aliphatic rings. The third-order valence-corrected chi connectivity index (χ3v) is 8.48. The van der Waals surface area contributed by atoms with Crippen molar-refractivity contribution in [3.8, 4) is 11.6 Å². The molecule has 0 saturated carbocycles. The monoisotopic (exact) mass is 602 g/mol. The van der Waals surface area contributed by atoms with Gasteiger partial charge in [-0.25, -0.2) is 14.5 Å². The molecule has 3 aliphatic heterocycles. The lowest BCUT2D eigenvalue weighted by Crippen LogP contribution is -2.45. The number of hydrogen-bond donors (Lipinski definition) is 1. The van der Waals surface area contributed by atoms with Crippen molar-refractivity contribution in [1.82, 2.24) is 24.4 Å². The van der Waals surface area contributed by atoms with Gasteiger partial charge in [-0.3, -0.25) is 0 Å². The topological polar surface area (TPSA) is 116 Å². The minimum absolute atomic E-state index is 0.175. The van der Waals surface area contributed by atoms with Crippen LogP contribution in [0.1, 0.15) is 74.9 Å². The summed E-state index contributed by atoms with van der Waals surface area (Å²) >= 11 is 0. The van der Waals surface area contributed by atoms with Gasteiger partial charge in [-0.1, -0.05) is 32.0 Å². The zero-order valence-electron chi connectivity index (χ0n) is 26.0. The first kappa shape index (κ1) is 30.1. The quantitative estimate of drug-likeness (QED) is 0.331. The molecular formula is C33H42N6O5. The molecule has 1 saturated heterocycles. The third kappa shape index (κ3) is 6.30. The fourth-order valence-corrected chi connectivity index (χ4v) is 6.02. The zero-order valence-corrected chi connectivity index (χ0v) is 26.0. The number of ether oxygens (including phenoxy) is 3. The van der Waals surface area contributed by atoms with Gasteiger partial charge in [0.2, 0.25) is 0 Å². The zero-order chi connectivity index (χ0) is 30.8. The lowest BCUT2D eigenvalue weighted by Gasteiger charge is -2.41. The molecule has 3 aromatic heterocycles. The number of piperidine rings is 1. The van der Waals surface area contributed by atoms with Crippen molar-refractivity contribution in [2.75, 3.05) is 37.8 Å². The van der Waals surface area contributed by atoms with Gasteiger partial charge in [-0.05, 0) is 62.6 Å². The maximum atomic E-state index is 12.6. The van der Waals surface area contributed by atoms with Crippen molar-refractivity contribution in [1.29, 1.82) is 0 Å². The lowest BCUT2D eigenvalue weighted by atomic mass is 9.92. The van der Waals surface area contributed by atoms with Gasteiger partial charge in [-0.15, -0.1) is 5.10 Å². The van der Waals surface area contributed by atoms with Gasteiger partial charge in [0.1, 0.15) is 11.6 Å². The molecule has 4 aromatic rings. The molecule has 1 aromatic carbocycles. The minimum Gasteiger partial charge on any atom is -0.493 e. The van der Waals surface area contributed by atoms with E-state index in [2.05, 4.69) is 23.0 Å². The molecular weight excluding hydrogens is 560 g/mol. The molecule has 1 fully saturated rings. The predicted octanol–water partition coefficient (Wildman–Crippen LogP) is 5.16. The summed E-state index contributed by atoms with van der Waals surface area (Å²) in [6, 6.07) is 10.0. The molecule has 1 atom stereocenters. The van der Waals surface area contributed by atoms with Crippen LogP contribution < -0.4 is 9.64 Å². The fraction of sp³-hybridized carbons (Fsp3) is 0.515. The molecule has 0 radical (unpaired) electrons. The van der Waals surface area contributed by atoms with E-state index >= 15 is 0 Å². The summed E-state index contributed by atoms with van der Waals surface area (Å²) in [5.41, 5.74) is 3.61. The van der Waals surface area contributed by atoms with E-state index < -0.39 is 12.1 Å². The number of carbonyl (C=O) groups is 1. The number of benzene rings is 1. The lowest BCUT2D eigenvalue weighted by molar-refractivity contribution is -0.151. The number of nitrogens with zero attached hydrogens (tertiary/aromatic N) is 6. The Morgan fingerprint density at radius 3 is 2.70 bits per heavy atom. The molecule has 44 heavy (non-hydrogen) atoms. The van der Waals surface area contributed by atoms with E-state index in [1.54, 1.807) is 9.20 Å². The summed E-state index contributed by atoms with van der Waals surface area (Å²) in [4.78, 5) is 19.7. The minimum atomic E-state index is -1.18. The van der Waals surface area contributed by atoms with Gasteiger partial charge in [0, 0.05) is 44.1 Å². The van der Waals surface area contributed by atoms with Crippen LogP contribution in [-0.2, 0) is 20.7 Å². The second-order valence-corrected chi connectivity index (χ2v) is 12.6. The molecule has 6 heterocycles. The number of carboxylic acids is 1. The summed E-state index contributed by atoms with van der Waals surface area (Å²) in [6.45, 7) is 11.0. The van der Waals surface area contributed by atoms with Crippen LogP contribution in [0.2, 0.25) is 0 Å². The number of aliphatic carboxylic acids is 1. The average Bonchev–Trinajstić information content (AvgIpc) is 3.63. The van der Waals surface area contributed by atoms with E-state index in [1.807, 2.05) is 57.4 Å². The van der Waals surface area contributed by atoms with Crippen molar-refractivity contribution in [2.24, 2.45) is 5.92 Å². The summed E-state index contributed by atoms with van der Waals surface area (Å²) in [7, 11) is 0. The molecule has 1 unspecified atom stereocenters. The third-order valence-electron chi connectivity index (χ3n) is 8.48. The molecule has 1 N–H and O–H groups in total. The number of fused-ring (bicyclic) bond motifs is 7. The van der Waals surface area contributed by atoms with Crippen LogP contribution in [-0.4, -0.2) is 74.0 Å². The van der Waals surface area contributed by atoms with E-state index in [9.17, 15) is 9.90 Å². The van der Waals surface area contributed by atoms with E-state index in [-0.39, 0.29) is 11.5 Å². The summed E-state index contributed by atoms with van der Waals surface area (Å²) in [5, 5.41) is 19.9. The summed E-state index contributed by atoms with van der Waals surface area (Å²) in [6.07, 6.45) is 6.70. The standard InChI is InChI=1S/C33H42N6O5/c1-22(2)21-43-30(32(40)41)29-23(3)35-27-18-28-36-39(27)31(29)37-13-11-33(4,12-14-37)44-16-8-7-15-42-26-10-6-5-9-25(26)17-24-19-34-38(28)20-24/h5-6,9-10,18-20,22,30H,7-8,11-17,21H2,1-4H3,(H,40,41). The van der Waals surface area contributed by atoms with Gasteiger partial charge in [0.15, 0.2) is 17.6 Å². The molecule has 7 rings (SSSR count). The first-order valence-electron chi connectivity index (χ1n) is 15.6. The molecule has 0 amide bonds. The second-order valence-electron chi connectivity index (χ2n) is 12.6. The Hall–Kier alpha value is -3.96. The Kier molecular flexibility index (Phi) is 8.59. The summed E-state index contributed by atoms with van der Waals surface area (Å²) in [5.74, 6) is 1.31. The van der Waals surface area contributed by atoms with Crippen LogP contribution in [0.4, 0.5) is 5.82 Å². The van der Waals surface area contributed by atoms with E-state index in [0.717, 1.165) is 42.6 Å².